The number of amides is 2. The van der Waals surface area contributed by atoms with Crippen molar-refractivity contribution in [3.05, 3.63) is 87.7 Å². The van der Waals surface area contributed by atoms with Gasteiger partial charge in [-0.3, -0.25) is 24.2 Å². The van der Waals surface area contributed by atoms with Crippen LogP contribution in [0.3, 0.4) is 0 Å². The highest BCUT2D eigenvalue weighted by Gasteiger charge is 2.40. The van der Waals surface area contributed by atoms with Gasteiger partial charge in [-0.15, -0.1) is 0 Å². The minimum absolute atomic E-state index is 0.00245. The van der Waals surface area contributed by atoms with Gasteiger partial charge in [0.2, 0.25) is 0 Å². The monoisotopic (exact) mass is 497 g/mol. The highest BCUT2D eigenvalue weighted by atomic mass is 35.5. The predicted octanol–water partition coefficient (Wildman–Crippen LogP) is 4.94. The molecular formula is C25H24ClN3O4S. The first kappa shape index (κ1) is 23.9. The van der Waals surface area contributed by atoms with Crippen LogP contribution in [0.25, 0.3) is 0 Å². The van der Waals surface area contributed by atoms with Crippen LogP contribution in [0.2, 0.25) is 5.02 Å². The second-order valence-corrected chi connectivity index (χ2v) is 11.3. The number of anilines is 1. The smallest absolute Gasteiger partial charge is 0.264 e. The van der Waals surface area contributed by atoms with Crippen LogP contribution in [-0.4, -0.2) is 30.1 Å². The molecule has 2 amide bonds. The summed E-state index contributed by atoms with van der Waals surface area (Å²) in [7, 11) is -4.02. The molecule has 0 saturated carbocycles. The lowest BCUT2D eigenvalue weighted by atomic mass is 9.87. The minimum Gasteiger partial charge on any atom is -0.279 e. The van der Waals surface area contributed by atoms with Crippen LogP contribution in [0.15, 0.2) is 59.5 Å². The van der Waals surface area contributed by atoms with E-state index in [-0.39, 0.29) is 38.7 Å². The highest BCUT2D eigenvalue weighted by Crippen LogP contribution is 2.36. The quantitative estimate of drug-likeness (QED) is 0.504. The van der Waals surface area contributed by atoms with Gasteiger partial charge in [-0.1, -0.05) is 50.6 Å². The summed E-state index contributed by atoms with van der Waals surface area (Å²) < 4.78 is 28.6. The van der Waals surface area contributed by atoms with E-state index < -0.39 is 21.8 Å². The molecule has 2 heterocycles. The third kappa shape index (κ3) is 4.43. The molecule has 0 atom stereocenters. The lowest BCUT2D eigenvalue weighted by molar-refractivity contribution is 0.0640. The second-order valence-electron chi connectivity index (χ2n) is 9.19. The number of hydrogen-bond donors (Lipinski definition) is 1. The maximum atomic E-state index is 13.2. The fourth-order valence-corrected chi connectivity index (χ4v) is 5.10. The molecule has 7 nitrogen and oxygen atoms in total. The number of aromatic nitrogens is 1. The molecule has 34 heavy (non-hydrogen) atoms. The van der Waals surface area contributed by atoms with E-state index in [9.17, 15) is 18.0 Å². The summed E-state index contributed by atoms with van der Waals surface area (Å²) in [4.78, 5) is 31.7. The molecule has 2 aromatic carbocycles. The topological polar surface area (TPSA) is 96.4 Å². The van der Waals surface area contributed by atoms with Crippen LogP contribution in [-0.2, 0) is 22.0 Å². The fourth-order valence-electron chi connectivity index (χ4n) is 3.79. The summed E-state index contributed by atoms with van der Waals surface area (Å²) in [5, 5.41) is 0.0746. The number of rotatable bonds is 5. The van der Waals surface area contributed by atoms with E-state index >= 15 is 0 Å². The zero-order valence-corrected chi connectivity index (χ0v) is 20.8. The summed E-state index contributed by atoms with van der Waals surface area (Å²) >= 11 is 6.25. The molecule has 0 radical (unpaired) electrons. The van der Waals surface area contributed by atoms with Gasteiger partial charge in [-0.05, 0) is 54.3 Å². The van der Waals surface area contributed by atoms with Gasteiger partial charge in [-0.25, -0.2) is 8.42 Å². The number of carbonyl (C=O) groups is 2. The molecule has 176 valence electrons. The Balaban J connectivity index is 1.68. The molecule has 1 N–H and O–H groups in total. The summed E-state index contributed by atoms with van der Waals surface area (Å²) in [6, 6.07) is 14.6. The Kier molecular flexibility index (Phi) is 5.99. The van der Waals surface area contributed by atoms with Crippen LogP contribution in [0.5, 0.6) is 0 Å². The van der Waals surface area contributed by atoms with Crippen molar-refractivity contribution in [2.24, 2.45) is 0 Å². The van der Waals surface area contributed by atoms with Crippen molar-refractivity contribution >= 4 is 39.1 Å². The maximum Gasteiger partial charge on any atom is 0.264 e. The van der Waals surface area contributed by atoms with E-state index in [2.05, 4.69) is 9.71 Å². The lowest BCUT2D eigenvalue weighted by Gasteiger charge is -2.19. The summed E-state index contributed by atoms with van der Waals surface area (Å²) in [5.41, 5.74) is 2.04. The summed E-state index contributed by atoms with van der Waals surface area (Å²) in [5.74, 6) is -1.23. The van der Waals surface area contributed by atoms with Crippen molar-refractivity contribution in [3.8, 4) is 0 Å². The fraction of sp³-hybridized carbons (Fsp3) is 0.240. The zero-order chi connectivity index (χ0) is 24.8. The Morgan fingerprint density at radius 2 is 1.59 bits per heavy atom. The van der Waals surface area contributed by atoms with E-state index in [4.69, 9.17) is 11.6 Å². The summed E-state index contributed by atoms with van der Waals surface area (Å²) in [6.07, 6.45) is 0. The van der Waals surface area contributed by atoms with Crippen LogP contribution >= 0.6 is 11.6 Å². The van der Waals surface area contributed by atoms with Crippen LogP contribution in [0.1, 0.15) is 58.4 Å². The molecule has 1 aliphatic heterocycles. The van der Waals surface area contributed by atoms with Crippen molar-refractivity contribution in [2.45, 2.75) is 44.6 Å². The first-order chi connectivity index (χ1) is 15.9. The maximum absolute atomic E-state index is 13.2. The molecule has 0 fully saturated rings. The largest absolute Gasteiger partial charge is 0.279 e. The molecule has 1 aromatic heterocycles. The van der Waals surface area contributed by atoms with Crippen molar-refractivity contribution < 1.29 is 18.0 Å². The van der Waals surface area contributed by atoms with E-state index in [1.165, 1.54) is 24.3 Å². The van der Waals surface area contributed by atoms with E-state index in [0.29, 0.717) is 5.69 Å². The van der Waals surface area contributed by atoms with Crippen LogP contribution < -0.4 is 4.72 Å². The average Bonchev–Trinajstić information content (AvgIpc) is 3.01. The molecule has 9 heteroatoms. The number of carbonyl (C=O) groups excluding carboxylic acids is 2. The molecule has 0 bridgehead atoms. The third-order valence-electron chi connectivity index (χ3n) is 5.61. The Bertz CT molecular complexity index is 1410. The van der Waals surface area contributed by atoms with Gasteiger partial charge < -0.3 is 0 Å². The van der Waals surface area contributed by atoms with Gasteiger partial charge in [0.25, 0.3) is 21.8 Å². The summed E-state index contributed by atoms with van der Waals surface area (Å²) in [6.45, 7) is 7.86. The van der Waals surface area contributed by atoms with Crippen molar-refractivity contribution in [1.82, 2.24) is 9.88 Å². The molecule has 0 unspecified atom stereocenters. The van der Waals surface area contributed by atoms with Gasteiger partial charge in [0.15, 0.2) is 0 Å². The predicted molar refractivity (Wildman–Crippen MR) is 131 cm³/mol. The normalized spacial score (nSPS) is 13.9. The third-order valence-corrected chi connectivity index (χ3v) is 7.31. The van der Waals surface area contributed by atoms with Crippen LogP contribution in [0, 0.1) is 6.92 Å². The Morgan fingerprint density at radius 1 is 0.941 bits per heavy atom. The number of fused-ring (bicyclic) bond motifs is 1. The average molecular weight is 498 g/mol. The number of nitrogens with zero attached hydrogens (tertiary/aromatic N) is 2. The zero-order valence-electron chi connectivity index (χ0n) is 19.2. The number of benzene rings is 2. The minimum atomic E-state index is -4.02. The standard InChI is InChI=1S/C25H24ClN3O4S/c1-15-6-5-7-17(27-15)14-29-23(30)21-19(26)12-13-20(22(21)24(29)31)28-34(32,33)18-10-8-16(9-11-18)25(2,3)4/h5-13,28H,14H2,1-4H3. The Labute approximate surface area is 203 Å². The first-order valence-electron chi connectivity index (χ1n) is 10.6. The van der Waals surface area contributed by atoms with Crippen molar-refractivity contribution in [2.75, 3.05) is 4.72 Å². The lowest BCUT2D eigenvalue weighted by Crippen LogP contribution is -2.29. The Hall–Kier alpha value is -3.23. The first-order valence-corrected chi connectivity index (χ1v) is 12.5. The van der Waals surface area contributed by atoms with E-state index in [1.807, 2.05) is 33.8 Å². The van der Waals surface area contributed by atoms with Gasteiger partial charge >= 0.3 is 0 Å². The Morgan fingerprint density at radius 3 is 2.21 bits per heavy atom. The number of halogens is 1. The molecule has 1 aliphatic rings. The molecule has 3 aromatic rings. The molecular weight excluding hydrogens is 474 g/mol. The van der Waals surface area contributed by atoms with E-state index in [0.717, 1.165) is 16.2 Å². The van der Waals surface area contributed by atoms with Crippen molar-refractivity contribution in [1.29, 1.82) is 0 Å². The van der Waals surface area contributed by atoms with E-state index in [1.54, 1.807) is 24.3 Å². The number of hydrogen-bond acceptors (Lipinski definition) is 5. The van der Waals surface area contributed by atoms with Gasteiger partial charge in [0.1, 0.15) is 0 Å². The molecule has 0 aliphatic carbocycles. The van der Waals surface area contributed by atoms with Crippen molar-refractivity contribution in [3.63, 3.8) is 0 Å². The molecule has 0 spiro atoms. The second kappa shape index (κ2) is 8.52. The molecule has 0 saturated heterocycles. The number of pyridine rings is 1. The number of nitrogens with one attached hydrogen (secondary N) is 1. The van der Waals surface area contributed by atoms with Gasteiger partial charge in [0.05, 0.1) is 39.0 Å². The number of sulfonamides is 1. The SMILES string of the molecule is Cc1cccc(CN2C(=O)c3c(Cl)ccc(NS(=O)(=O)c4ccc(C(C)(C)C)cc4)c3C2=O)n1. The van der Waals surface area contributed by atoms with Gasteiger partial charge in [0, 0.05) is 5.69 Å². The molecule has 4 rings (SSSR count). The van der Waals surface area contributed by atoms with Gasteiger partial charge in [-0.2, -0.15) is 0 Å². The highest BCUT2D eigenvalue weighted by molar-refractivity contribution is 7.92. The number of imide groups is 1. The number of aryl methyl sites for hydroxylation is 1. The van der Waals surface area contributed by atoms with Crippen LogP contribution in [0.4, 0.5) is 5.69 Å².